The molecule has 0 spiro atoms. The van der Waals surface area contributed by atoms with Crippen LogP contribution < -0.4 is 0 Å². The van der Waals surface area contributed by atoms with Gasteiger partial charge in [0.25, 0.3) is 0 Å². The highest BCUT2D eigenvalue weighted by Crippen LogP contribution is 2.41. The van der Waals surface area contributed by atoms with Crippen molar-refractivity contribution in [2.24, 2.45) is 0 Å². The number of aromatic hydroxyl groups is 1. The molecule has 24 heavy (non-hydrogen) atoms. The third-order valence-corrected chi connectivity index (χ3v) is 6.04. The zero-order valence-electron chi connectivity index (χ0n) is 13.4. The second-order valence-corrected chi connectivity index (χ2v) is 7.99. The predicted molar refractivity (Wildman–Crippen MR) is 98.7 cm³/mol. The number of aromatic nitrogens is 3. The quantitative estimate of drug-likeness (QED) is 0.710. The number of fused-ring (bicyclic) bond motifs is 1. The van der Waals surface area contributed by atoms with Crippen molar-refractivity contribution in [2.75, 3.05) is 13.1 Å². The van der Waals surface area contributed by atoms with E-state index < -0.39 is 0 Å². The first-order valence-electron chi connectivity index (χ1n) is 8.24. The molecule has 1 aliphatic heterocycles. The normalized spacial score (nSPS) is 16.9. The fourth-order valence-corrected chi connectivity index (χ4v) is 4.88. The maximum Gasteiger partial charge on any atom is 0.230 e. The molecule has 7 heteroatoms. The first-order valence-corrected chi connectivity index (χ1v) is 9.85. The Hall–Kier alpha value is -1.44. The molecule has 0 amide bonds. The zero-order valence-corrected chi connectivity index (χ0v) is 15.8. The first kappa shape index (κ1) is 16.1. The van der Waals surface area contributed by atoms with Crippen molar-refractivity contribution in [3.05, 3.63) is 45.0 Å². The van der Waals surface area contributed by atoms with Crippen LogP contribution in [-0.4, -0.2) is 37.7 Å². The van der Waals surface area contributed by atoms with Crippen LogP contribution in [0.4, 0.5) is 0 Å². The average molecular weight is 407 g/mol. The van der Waals surface area contributed by atoms with Gasteiger partial charge in [-0.1, -0.05) is 46.3 Å². The number of halogens is 1. The summed E-state index contributed by atoms with van der Waals surface area (Å²) in [5.74, 6) is 0.988. The van der Waals surface area contributed by atoms with E-state index in [1.807, 2.05) is 19.1 Å². The Morgan fingerprint density at radius 2 is 2.12 bits per heavy atom. The highest BCUT2D eigenvalue weighted by molar-refractivity contribution is 9.10. The van der Waals surface area contributed by atoms with E-state index >= 15 is 0 Å². The Bertz CT molecular complexity index is 869. The van der Waals surface area contributed by atoms with E-state index in [4.69, 9.17) is 0 Å². The van der Waals surface area contributed by atoms with Crippen LogP contribution in [0.3, 0.4) is 0 Å². The SMILES string of the molecule is CCc1nc2sc(C(c3cccc(Br)c3)N3CCCC3)c(O)n2n1. The molecule has 0 aliphatic carbocycles. The second-order valence-electron chi connectivity index (χ2n) is 6.07. The number of hydrogen-bond acceptors (Lipinski definition) is 5. The molecule has 2 aromatic heterocycles. The van der Waals surface area contributed by atoms with Crippen molar-refractivity contribution in [3.63, 3.8) is 0 Å². The fraction of sp³-hybridized carbons (Fsp3) is 0.412. The van der Waals surface area contributed by atoms with Crippen molar-refractivity contribution in [3.8, 4) is 5.88 Å². The Balaban J connectivity index is 1.83. The number of likely N-dealkylation sites (tertiary alicyclic amines) is 1. The lowest BCUT2D eigenvalue weighted by molar-refractivity contribution is 0.277. The lowest BCUT2D eigenvalue weighted by Crippen LogP contribution is -2.26. The monoisotopic (exact) mass is 406 g/mol. The van der Waals surface area contributed by atoms with Gasteiger partial charge in [-0.2, -0.15) is 4.52 Å². The van der Waals surface area contributed by atoms with Gasteiger partial charge in [-0.05, 0) is 43.6 Å². The largest absolute Gasteiger partial charge is 0.492 e. The Labute approximate surface area is 153 Å². The molecule has 5 nitrogen and oxygen atoms in total. The van der Waals surface area contributed by atoms with Gasteiger partial charge in [-0.25, -0.2) is 4.98 Å². The number of hydrogen-bond donors (Lipinski definition) is 1. The second kappa shape index (κ2) is 6.46. The maximum absolute atomic E-state index is 10.8. The topological polar surface area (TPSA) is 53.7 Å². The van der Waals surface area contributed by atoms with E-state index in [9.17, 15) is 5.11 Å². The summed E-state index contributed by atoms with van der Waals surface area (Å²) in [7, 11) is 0. The summed E-state index contributed by atoms with van der Waals surface area (Å²) in [6.07, 6.45) is 3.17. The van der Waals surface area contributed by atoms with E-state index in [2.05, 4.69) is 43.0 Å². The molecule has 1 N–H and O–H groups in total. The van der Waals surface area contributed by atoms with E-state index in [0.717, 1.165) is 39.6 Å². The minimum Gasteiger partial charge on any atom is -0.492 e. The van der Waals surface area contributed by atoms with Gasteiger partial charge < -0.3 is 5.11 Å². The Morgan fingerprint density at radius 1 is 1.33 bits per heavy atom. The molecule has 0 bridgehead atoms. The molecule has 1 aliphatic rings. The summed E-state index contributed by atoms with van der Waals surface area (Å²) >= 11 is 5.11. The highest BCUT2D eigenvalue weighted by atomic mass is 79.9. The smallest absolute Gasteiger partial charge is 0.230 e. The number of rotatable bonds is 4. The van der Waals surface area contributed by atoms with Crippen LogP contribution in [0.5, 0.6) is 5.88 Å². The minimum atomic E-state index is 0.0450. The molecule has 3 heterocycles. The van der Waals surface area contributed by atoms with Gasteiger partial charge in [0, 0.05) is 10.9 Å². The highest BCUT2D eigenvalue weighted by Gasteiger charge is 2.31. The van der Waals surface area contributed by atoms with E-state index in [-0.39, 0.29) is 11.9 Å². The molecule has 126 valence electrons. The standard InChI is InChI=1S/C17H19BrN4OS/c1-2-13-19-17-22(20-13)16(23)15(24-17)14(21-8-3-4-9-21)11-6-5-7-12(18)10-11/h5-7,10,14,23H,2-4,8-9H2,1H3. The predicted octanol–water partition coefficient (Wildman–Crippen LogP) is 4.01. The van der Waals surface area contributed by atoms with Gasteiger partial charge >= 0.3 is 0 Å². The molecule has 4 rings (SSSR count). The van der Waals surface area contributed by atoms with E-state index in [1.54, 1.807) is 4.52 Å². The summed E-state index contributed by atoms with van der Waals surface area (Å²) in [5.41, 5.74) is 1.18. The number of aryl methyl sites for hydroxylation is 1. The molecule has 1 atom stereocenters. The van der Waals surface area contributed by atoms with Crippen molar-refractivity contribution < 1.29 is 5.11 Å². The first-order chi connectivity index (χ1) is 11.7. The van der Waals surface area contributed by atoms with Crippen LogP contribution in [0.25, 0.3) is 4.96 Å². The van der Waals surface area contributed by atoms with Crippen LogP contribution in [0, 0.1) is 0 Å². The van der Waals surface area contributed by atoms with Crippen LogP contribution in [0.2, 0.25) is 0 Å². The molecule has 3 aromatic rings. The van der Waals surface area contributed by atoms with Crippen molar-refractivity contribution in [1.29, 1.82) is 0 Å². The van der Waals surface area contributed by atoms with Gasteiger partial charge in [-0.3, -0.25) is 4.90 Å². The molecule has 1 aromatic carbocycles. The zero-order chi connectivity index (χ0) is 16.7. The molecule has 0 saturated carbocycles. The van der Waals surface area contributed by atoms with Crippen LogP contribution in [0.15, 0.2) is 28.7 Å². The van der Waals surface area contributed by atoms with E-state index in [0.29, 0.717) is 0 Å². The van der Waals surface area contributed by atoms with Crippen molar-refractivity contribution in [2.45, 2.75) is 32.2 Å². The minimum absolute atomic E-state index is 0.0450. The molecule has 1 unspecified atom stereocenters. The summed E-state index contributed by atoms with van der Waals surface area (Å²) < 4.78 is 2.64. The van der Waals surface area contributed by atoms with Gasteiger partial charge in [0.05, 0.1) is 10.9 Å². The van der Waals surface area contributed by atoms with E-state index in [1.165, 1.54) is 29.7 Å². The molecule has 0 radical (unpaired) electrons. The number of benzene rings is 1. The third kappa shape index (κ3) is 2.74. The Kier molecular flexibility index (Phi) is 4.32. The molecule has 1 fully saturated rings. The average Bonchev–Trinajstić information content (AvgIpc) is 3.28. The van der Waals surface area contributed by atoms with Gasteiger partial charge in [0.15, 0.2) is 5.82 Å². The third-order valence-electron chi connectivity index (χ3n) is 4.48. The summed E-state index contributed by atoms with van der Waals surface area (Å²) in [6, 6.07) is 8.38. The van der Waals surface area contributed by atoms with Crippen LogP contribution in [0.1, 0.15) is 42.1 Å². The molecular formula is C17H19BrN4OS. The summed E-state index contributed by atoms with van der Waals surface area (Å²) in [5, 5.41) is 15.2. The fourth-order valence-electron chi connectivity index (χ4n) is 3.32. The van der Waals surface area contributed by atoms with Crippen LogP contribution >= 0.6 is 27.3 Å². The lowest BCUT2D eigenvalue weighted by atomic mass is 10.0. The number of nitrogens with zero attached hydrogens (tertiary/aromatic N) is 4. The summed E-state index contributed by atoms with van der Waals surface area (Å²) in [6.45, 7) is 4.11. The summed E-state index contributed by atoms with van der Waals surface area (Å²) in [4.78, 5) is 8.64. The van der Waals surface area contributed by atoms with Gasteiger partial charge in [0.2, 0.25) is 10.8 Å². The molecule has 1 saturated heterocycles. The Morgan fingerprint density at radius 3 is 2.79 bits per heavy atom. The van der Waals surface area contributed by atoms with Crippen LogP contribution in [-0.2, 0) is 6.42 Å². The van der Waals surface area contributed by atoms with Crippen molar-refractivity contribution in [1.82, 2.24) is 19.5 Å². The molecular weight excluding hydrogens is 388 g/mol. The number of thiazole rings is 1. The van der Waals surface area contributed by atoms with Gasteiger partial charge in [-0.15, -0.1) is 5.10 Å². The lowest BCUT2D eigenvalue weighted by Gasteiger charge is -2.27. The maximum atomic E-state index is 10.8. The van der Waals surface area contributed by atoms with Gasteiger partial charge in [0.1, 0.15) is 0 Å². The van der Waals surface area contributed by atoms with Crippen molar-refractivity contribution >= 4 is 32.2 Å².